The molecule has 1 fully saturated rings. The maximum atomic E-state index is 13.7. The SMILES string of the molecule is CC1CC(NC(=O)c2cc(S(=O)(=O)Cl)c(Cl)cc2F)C1. The first-order chi connectivity index (χ1) is 9.18. The topological polar surface area (TPSA) is 63.2 Å². The number of rotatable bonds is 3. The van der Waals surface area contributed by atoms with Gasteiger partial charge in [0.1, 0.15) is 10.7 Å². The van der Waals surface area contributed by atoms with Crippen LogP contribution in [-0.2, 0) is 9.05 Å². The van der Waals surface area contributed by atoms with Gasteiger partial charge in [-0.15, -0.1) is 0 Å². The molecule has 1 aliphatic rings. The van der Waals surface area contributed by atoms with E-state index in [1.54, 1.807) is 0 Å². The summed E-state index contributed by atoms with van der Waals surface area (Å²) in [5, 5.41) is 2.29. The monoisotopic (exact) mass is 339 g/mol. The van der Waals surface area contributed by atoms with Gasteiger partial charge in [-0.05, 0) is 30.9 Å². The van der Waals surface area contributed by atoms with E-state index in [9.17, 15) is 17.6 Å². The molecule has 110 valence electrons. The van der Waals surface area contributed by atoms with Gasteiger partial charge in [0, 0.05) is 16.7 Å². The second-order valence-corrected chi connectivity index (χ2v) is 7.89. The van der Waals surface area contributed by atoms with E-state index in [4.69, 9.17) is 22.3 Å². The molecular weight excluding hydrogens is 328 g/mol. The Bertz CT molecular complexity index is 657. The molecule has 0 spiro atoms. The molecular formula is C12H12Cl2FNO3S. The molecule has 20 heavy (non-hydrogen) atoms. The predicted octanol–water partition coefficient (Wildman–Crippen LogP) is 2.93. The van der Waals surface area contributed by atoms with Crippen LogP contribution in [0, 0.1) is 11.7 Å². The maximum absolute atomic E-state index is 13.7. The van der Waals surface area contributed by atoms with Gasteiger partial charge < -0.3 is 5.32 Å². The molecule has 1 saturated carbocycles. The first-order valence-electron chi connectivity index (χ1n) is 5.93. The van der Waals surface area contributed by atoms with E-state index >= 15 is 0 Å². The zero-order valence-electron chi connectivity index (χ0n) is 10.5. The molecule has 0 aliphatic heterocycles. The lowest BCUT2D eigenvalue weighted by Gasteiger charge is -2.33. The largest absolute Gasteiger partial charge is 0.349 e. The van der Waals surface area contributed by atoms with E-state index in [-0.39, 0.29) is 16.6 Å². The highest BCUT2D eigenvalue weighted by Gasteiger charge is 2.28. The third kappa shape index (κ3) is 3.24. The van der Waals surface area contributed by atoms with Crippen molar-refractivity contribution in [2.75, 3.05) is 0 Å². The number of carbonyl (C=O) groups is 1. The van der Waals surface area contributed by atoms with Crippen molar-refractivity contribution in [3.8, 4) is 0 Å². The molecule has 1 aromatic rings. The number of halogens is 3. The van der Waals surface area contributed by atoms with Crippen molar-refractivity contribution < 1.29 is 17.6 Å². The van der Waals surface area contributed by atoms with Crippen molar-refractivity contribution in [1.29, 1.82) is 0 Å². The van der Waals surface area contributed by atoms with Crippen LogP contribution in [0.4, 0.5) is 4.39 Å². The van der Waals surface area contributed by atoms with E-state index in [2.05, 4.69) is 5.32 Å². The summed E-state index contributed by atoms with van der Waals surface area (Å²) in [5.74, 6) is -1.03. The van der Waals surface area contributed by atoms with Crippen LogP contribution in [0.25, 0.3) is 0 Å². The van der Waals surface area contributed by atoms with Crippen LogP contribution in [0.3, 0.4) is 0 Å². The van der Waals surface area contributed by atoms with Gasteiger partial charge >= 0.3 is 0 Å². The number of nitrogens with one attached hydrogen (secondary N) is 1. The molecule has 0 heterocycles. The quantitative estimate of drug-likeness (QED) is 0.861. The van der Waals surface area contributed by atoms with Crippen molar-refractivity contribution in [2.45, 2.75) is 30.7 Å². The third-order valence-electron chi connectivity index (χ3n) is 3.24. The Labute approximate surface area is 125 Å². The van der Waals surface area contributed by atoms with E-state index in [0.717, 1.165) is 25.0 Å². The van der Waals surface area contributed by atoms with Gasteiger partial charge in [-0.2, -0.15) is 0 Å². The molecule has 0 aromatic heterocycles. The van der Waals surface area contributed by atoms with E-state index in [0.29, 0.717) is 5.92 Å². The van der Waals surface area contributed by atoms with Gasteiger partial charge in [0.15, 0.2) is 0 Å². The van der Waals surface area contributed by atoms with E-state index in [1.165, 1.54) is 0 Å². The summed E-state index contributed by atoms with van der Waals surface area (Å²) in [6.45, 7) is 2.05. The molecule has 0 bridgehead atoms. The normalized spacial score (nSPS) is 22.2. The predicted molar refractivity (Wildman–Crippen MR) is 74.1 cm³/mol. The Morgan fingerprint density at radius 3 is 2.50 bits per heavy atom. The van der Waals surface area contributed by atoms with Gasteiger partial charge in [0.05, 0.1) is 10.6 Å². The molecule has 0 saturated heterocycles. The highest BCUT2D eigenvalue weighted by atomic mass is 35.7. The summed E-state index contributed by atoms with van der Waals surface area (Å²) >= 11 is 5.62. The molecule has 1 aromatic carbocycles. The number of amides is 1. The smallest absolute Gasteiger partial charge is 0.262 e. The number of benzene rings is 1. The fourth-order valence-corrected chi connectivity index (χ4v) is 3.68. The van der Waals surface area contributed by atoms with Crippen LogP contribution in [0.15, 0.2) is 17.0 Å². The Balaban J connectivity index is 2.29. The molecule has 8 heteroatoms. The summed E-state index contributed by atoms with van der Waals surface area (Å²) in [6.07, 6.45) is 1.64. The summed E-state index contributed by atoms with van der Waals surface area (Å²) < 4.78 is 36.3. The number of carbonyl (C=O) groups excluding carboxylic acids is 1. The van der Waals surface area contributed by atoms with Crippen LogP contribution in [0.1, 0.15) is 30.1 Å². The molecule has 4 nitrogen and oxygen atoms in total. The average molecular weight is 340 g/mol. The minimum atomic E-state index is -4.14. The van der Waals surface area contributed by atoms with Gasteiger partial charge in [0.2, 0.25) is 0 Å². The van der Waals surface area contributed by atoms with Gasteiger partial charge in [-0.25, -0.2) is 12.8 Å². The Kier molecular flexibility index (Phi) is 4.27. The molecule has 1 amide bonds. The Morgan fingerprint density at radius 2 is 2.00 bits per heavy atom. The molecule has 0 radical (unpaired) electrons. The summed E-state index contributed by atoms with van der Waals surface area (Å²) in [5.41, 5.74) is -0.381. The highest BCUT2D eigenvalue weighted by molar-refractivity contribution is 8.13. The zero-order chi connectivity index (χ0) is 15.1. The fourth-order valence-electron chi connectivity index (χ4n) is 2.17. The Morgan fingerprint density at radius 1 is 1.40 bits per heavy atom. The van der Waals surface area contributed by atoms with Crippen molar-refractivity contribution in [3.05, 3.63) is 28.5 Å². The van der Waals surface area contributed by atoms with Crippen LogP contribution in [0.5, 0.6) is 0 Å². The summed E-state index contributed by atoms with van der Waals surface area (Å²) in [7, 11) is 1.05. The minimum absolute atomic E-state index is 0.0105. The number of hydrogen-bond acceptors (Lipinski definition) is 3. The van der Waals surface area contributed by atoms with Crippen molar-refractivity contribution in [2.24, 2.45) is 5.92 Å². The van der Waals surface area contributed by atoms with Crippen LogP contribution < -0.4 is 5.32 Å². The molecule has 0 atom stereocenters. The molecule has 2 rings (SSSR count). The third-order valence-corrected chi connectivity index (χ3v) is 5.02. The second kappa shape index (κ2) is 5.50. The van der Waals surface area contributed by atoms with Crippen molar-refractivity contribution >= 4 is 37.2 Å². The lowest BCUT2D eigenvalue weighted by Crippen LogP contribution is -2.43. The fraction of sp³-hybridized carbons (Fsp3) is 0.417. The maximum Gasteiger partial charge on any atom is 0.262 e. The molecule has 0 unspecified atom stereocenters. The first-order valence-corrected chi connectivity index (χ1v) is 8.61. The first kappa shape index (κ1) is 15.5. The second-order valence-electron chi connectivity index (χ2n) is 4.95. The minimum Gasteiger partial charge on any atom is -0.349 e. The van der Waals surface area contributed by atoms with Crippen LogP contribution >= 0.6 is 22.3 Å². The lowest BCUT2D eigenvalue weighted by atomic mass is 9.82. The van der Waals surface area contributed by atoms with E-state index in [1.807, 2.05) is 6.92 Å². The van der Waals surface area contributed by atoms with Crippen molar-refractivity contribution in [3.63, 3.8) is 0 Å². The lowest BCUT2D eigenvalue weighted by molar-refractivity contribution is 0.0891. The van der Waals surface area contributed by atoms with Gasteiger partial charge in [-0.1, -0.05) is 18.5 Å². The Hall–Kier alpha value is -0.850. The standard InChI is InChI=1S/C12H12Cl2FNO3S/c1-6-2-7(3-6)16-12(17)8-4-11(20(14,18)19)9(13)5-10(8)15/h4-7H,2-3H2,1H3,(H,16,17). The highest BCUT2D eigenvalue weighted by Crippen LogP contribution is 2.29. The zero-order valence-corrected chi connectivity index (χ0v) is 12.8. The number of hydrogen-bond donors (Lipinski definition) is 1. The average Bonchev–Trinajstić information content (AvgIpc) is 2.24. The van der Waals surface area contributed by atoms with Crippen LogP contribution in [-0.4, -0.2) is 20.4 Å². The van der Waals surface area contributed by atoms with Gasteiger partial charge in [0.25, 0.3) is 15.0 Å². The van der Waals surface area contributed by atoms with Crippen LogP contribution in [0.2, 0.25) is 5.02 Å². The summed E-state index contributed by atoms with van der Waals surface area (Å²) in [6, 6.07) is 1.62. The van der Waals surface area contributed by atoms with Gasteiger partial charge in [-0.3, -0.25) is 4.79 Å². The van der Waals surface area contributed by atoms with E-state index < -0.39 is 25.7 Å². The molecule has 1 N–H and O–H groups in total. The summed E-state index contributed by atoms with van der Waals surface area (Å²) in [4.78, 5) is 11.5. The van der Waals surface area contributed by atoms with Crippen molar-refractivity contribution in [1.82, 2.24) is 5.32 Å². The molecule has 1 aliphatic carbocycles.